The van der Waals surface area contributed by atoms with Gasteiger partial charge >= 0.3 is 6.03 Å². The lowest BCUT2D eigenvalue weighted by atomic mass is 10.1. The minimum atomic E-state index is -0.264. The number of halogens is 2. The van der Waals surface area contributed by atoms with Crippen molar-refractivity contribution in [1.29, 1.82) is 0 Å². The Morgan fingerprint density at radius 1 is 1.13 bits per heavy atom. The maximum absolute atomic E-state index is 12.1. The lowest BCUT2D eigenvalue weighted by molar-refractivity contribution is 0.262. The number of para-hydroxylation sites is 1. The van der Waals surface area contributed by atoms with Crippen LogP contribution in [0, 0.1) is 5.92 Å². The minimum Gasteiger partial charge on any atom is -0.330 e. The molecule has 0 bridgehead atoms. The minimum absolute atomic E-state index is 0. The van der Waals surface area contributed by atoms with Crippen molar-refractivity contribution in [3.05, 3.63) is 59.1 Å². The van der Waals surface area contributed by atoms with Crippen LogP contribution >= 0.6 is 24.0 Å². The molecule has 6 heteroatoms. The number of amides is 2. The largest absolute Gasteiger partial charge is 0.330 e. The van der Waals surface area contributed by atoms with Gasteiger partial charge in [0.25, 0.3) is 0 Å². The van der Waals surface area contributed by atoms with Gasteiger partial charge < -0.3 is 16.4 Å². The standard InChI is InChI=1S/C17H18ClN3O.ClH/c18-12-5-7-13(8-6-12)20-17(22)21-16-4-2-1-3-14(16)15-9-11(15)10-19;/h1-8,11,15H,9-10,19H2,(H2,20,21,22);1H. The van der Waals surface area contributed by atoms with Crippen molar-refractivity contribution in [3.63, 3.8) is 0 Å². The predicted octanol–water partition coefficient (Wildman–Crippen LogP) is 4.47. The van der Waals surface area contributed by atoms with Crippen LogP contribution in [0.1, 0.15) is 17.9 Å². The fourth-order valence-corrected chi connectivity index (χ4v) is 2.77. The first kappa shape index (κ1) is 17.6. The highest BCUT2D eigenvalue weighted by Gasteiger charge is 2.38. The zero-order chi connectivity index (χ0) is 15.5. The molecule has 1 aliphatic carbocycles. The summed E-state index contributed by atoms with van der Waals surface area (Å²) in [6.07, 6.45) is 1.09. The van der Waals surface area contributed by atoms with Crippen molar-refractivity contribution in [1.82, 2.24) is 0 Å². The highest BCUT2D eigenvalue weighted by atomic mass is 35.5. The molecule has 4 N–H and O–H groups in total. The highest BCUT2D eigenvalue weighted by molar-refractivity contribution is 6.30. The van der Waals surface area contributed by atoms with Gasteiger partial charge in [-0.3, -0.25) is 0 Å². The molecular formula is C17H19Cl2N3O. The van der Waals surface area contributed by atoms with Crippen LogP contribution in [0.4, 0.5) is 16.2 Å². The molecule has 1 aliphatic rings. The van der Waals surface area contributed by atoms with Gasteiger partial charge in [-0.2, -0.15) is 0 Å². The molecule has 0 saturated heterocycles. The summed E-state index contributed by atoms with van der Waals surface area (Å²) in [5, 5.41) is 6.35. The van der Waals surface area contributed by atoms with Crippen molar-refractivity contribution >= 4 is 41.4 Å². The second-order valence-electron chi connectivity index (χ2n) is 5.51. The lowest BCUT2D eigenvalue weighted by Gasteiger charge is -2.12. The molecule has 23 heavy (non-hydrogen) atoms. The van der Waals surface area contributed by atoms with Gasteiger partial charge in [0.1, 0.15) is 0 Å². The first-order valence-electron chi connectivity index (χ1n) is 7.30. The van der Waals surface area contributed by atoms with Gasteiger partial charge in [0.15, 0.2) is 0 Å². The van der Waals surface area contributed by atoms with E-state index in [1.54, 1.807) is 24.3 Å². The quantitative estimate of drug-likeness (QED) is 0.760. The summed E-state index contributed by atoms with van der Waals surface area (Å²) in [5.41, 5.74) is 8.42. The van der Waals surface area contributed by atoms with E-state index in [2.05, 4.69) is 16.7 Å². The fraction of sp³-hybridized carbons (Fsp3) is 0.235. The Morgan fingerprint density at radius 2 is 1.83 bits per heavy atom. The normalized spacial score (nSPS) is 18.7. The van der Waals surface area contributed by atoms with E-state index in [9.17, 15) is 4.79 Å². The first-order chi connectivity index (χ1) is 10.7. The molecule has 0 aliphatic heterocycles. The van der Waals surface area contributed by atoms with Crippen LogP contribution < -0.4 is 16.4 Å². The summed E-state index contributed by atoms with van der Waals surface area (Å²) in [6, 6.07) is 14.6. The number of nitrogens with one attached hydrogen (secondary N) is 2. The Morgan fingerprint density at radius 3 is 2.48 bits per heavy atom. The number of hydrogen-bond acceptors (Lipinski definition) is 2. The predicted molar refractivity (Wildman–Crippen MR) is 97.7 cm³/mol. The second-order valence-corrected chi connectivity index (χ2v) is 5.95. The van der Waals surface area contributed by atoms with Crippen LogP contribution in [0.5, 0.6) is 0 Å². The van der Waals surface area contributed by atoms with Gasteiger partial charge in [-0.15, -0.1) is 12.4 Å². The summed E-state index contributed by atoms with van der Waals surface area (Å²) in [7, 11) is 0. The average molecular weight is 352 g/mol. The smallest absolute Gasteiger partial charge is 0.323 e. The van der Waals surface area contributed by atoms with Gasteiger partial charge in [0.2, 0.25) is 0 Å². The third kappa shape index (κ3) is 4.38. The van der Waals surface area contributed by atoms with E-state index in [1.165, 1.54) is 0 Å². The molecule has 1 saturated carbocycles. The van der Waals surface area contributed by atoms with E-state index in [0.717, 1.165) is 17.7 Å². The van der Waals surface area contributed by atoms with Crippen LogP contribution in [-0.4, -0.2) is 12.6 Å². The van der Waals surface area contributed by atoms with Crippen LogP contribution in [-0.2, 0) is 0 Å². The van der Waals surface area contributed by atoms with E-state index < -0.39 is 0 Å². The SMILES string of the molecule is Cl.NCC1CC1c1ccccc1NC(=O)Nc1ccc(Cl)cc1. The van der Waals surface area contributed by atoms with Crippen molar-refractivity contribution < 1.29 is 4.79 Å². The molecule has 2 aromatic carbocycles. The van der Waals surface area contributed by atoms with Gasteiger partial charge in [-0.25, -0.2) is 4.79 Å². The zero-order valence-electron chi connectivity index (χ0n) is 12.5. The number of benzene rings is 2. The Balaban J connectivity index is 0.00000192. The highest BCUT2D eigenvalue weighted by Crippen LogP contribution is 2.48. The molecular weight excluding hydrogens is 333 g/mol. The Labute approximate surface area is 146 Å². The molecule has 0 spiro atoms. The molecule has 0 radical (unpaired) electrons. The molecule has 0 aromatic heterocycles. The molecule has 2 atom stereocenters. The third-order valence-corrected chi connectivity index (χ3v) is 4.19. The van der Waals surface area contributed by atoms with Gasteiger partial charge in [0.05, 0.1) is 0 Å². The molecule has 2 amide bonds. The summed E-state index contributed by atoms with van der Waals surface area (Å²) >= 11 is 5.83. The number of carbonyl (C=O) groups excluding carboxylic acids is 1. The number of anilines is 2. The molecule has 1 fully saturated rings. The lowest BCUT2D eigenvalue weighted by Crippen LogP contribution is -2.20. The summed E-state index contributed by atoms with van der Waals surface area (Å²) in [5.74, 6) is 0.985. The van der Waals surface area contributed by atoms with E-state index in [-0.39, 0.29) is 18.4 Å². The number of urea groups is 1. The Bertz CT molecular complexity index is 676. The van der Waals surface area contributed by atoms with Crippen molar-refractivity contribution in [2.45, 2.75) is 12.3 Å². The van der Waals surface area contributed by atoms with Gasteiger partial charge in [-0.05, 0) is 60.7 Å². The van der Waals surface area contributed by atoms with Crippen molar-refractivity contribution in [2.75, 3.05) is 17.2 Å². The fourth-order valence-electron chi connectivity index (χ4n) is 2.64. The van der Waals surface area contributed by atoms with E-state index in [0.29, 0.717) is 29.1 Å². The molecule has 2 aromatic rings. The van der Waals surface area contributed by atoms with Crippen LogP contribution in [0.3, 0.4) is 0 Å². The summed E-state index contributed by atoms with van der Waals surface area (Å²) in [6.45, 7) is 0.690. The van der Waals surface area contributed by atoms with Crippen LogP contribution in [0.15, 0.2) is 48.5 Å². The van der Waals surface area contributed by atoms with Crippen LogP contribution in [0.2, 0.25) is 5.02 Å². The van der Waals surface area contributed by atoms with Crippen molar-refractivity contribution in [2.24, 2.45) is 11.7 Å². The van der Waals surface area contributed by atoms with Gasteiger partial charge in [-0.1, -0.05) is 29.8 Å². The summed E-state index contributed by atoms with van der Waals surface area (Å²) in [4.78, 5) is 12.1. The van der Waals surface area contributed by atoms with E-state index in [1.807, 2.05) is 18.2 Å². The van der Waals surface area contributed by atoms with Gasteiger partial charge in [0, 0.05) is 16.4 Å². The number of nitrogens with two attached hydrogens (primary N) is 1. The number of carbonyl (C=O) groups is 1. The van der Waals surface area contributed by atoms with Crippen molar-refractivity contribution in [3.8, 4) is 0 Å². The molecule has 3 rings (SSSR count). The number of rotatable bonds is 4. The van der Waals surface area contributed by atoms with E-state index >= 15 is 0 Å². The number of hydrogen-bond donors (Lipinski definition) is 3. The second kappa shape index (κ2) is 7.68. The molecule has 0 heterocycles. The maximum Gasteiger partial charge on any atom is 0.323 e. The monoisotopic (exact) mass is 351 g/mol. The zero-order valence-corrected chi connectivity index (χ0v) is 14.0. The third-order valence-electron chi connectivity index (χ3n) is 3.94. The Kier molecular flexibility index (Phi) is 5.88. The Hall–Kier alpha value is -1.75. The van der Waals surface area contributed by atoms with Crippen LogP contribution in [0.25, 0.3) is 0 Å². The molecule has 122 valence electrons. The van der Waals surface area contributed by atoms with E-state index in [4.69, 9.17) is 17.3 Å². The molecule has 2 unspecified atom stereocenters. The average Bonchev–Trinajstić information content (AvgIpc) is 3.30. The molecule has 4 nitrogen and oxygen atoms in total. The topological polar surface area (TPSA) is 67.1 Å². The first-order valence-corrected chi connectivity index (χ1v) is 7.67. The summed E-state index contributed by atoms with van der Waals surface area (Å²) < 4.78 is 0. The maximum atomic E-state index is 12.1.